The van der Waals surface area contributed by atoms with Crippen LogP contribution in [0, 0.1) is 35.0 Å². The summed E-state index contributed by atoms with van der Waals surface area (Å²) in [7, 11) is 3.88. The third kappa shape index (κ3) is 10.6. The number of benzene rings is 2. The van der Waals surface area contributed by atoms with E-state index in [-0.39, 0.29) is 61.0 Å². The normalized spacial score (nSPS) is 31.9. The summed E-state index contributed by atoms with van der Waals surface area (Å²) in [5.41, 5.74) is 12.4. The van der Waals surface area contributed by atoms with Crippen LogP contribution in [0.15, 0.2) is 54.7 Å². The zero-order valence-corrected chi connectivity index (χ0v) is 50.2. The maximum absolute atomic E-state index is 15.4. The van der Waals surface area contributed by atoms with Crippen LogP contribution in [-0.2, 0) is 48.0 Å². The summed E-state index contributed by atoms with van der Waals surface area (Å²) in [6.07, 6.45) is 14.7. The molecule has 444 valence electrons. The van der Waals surface area contributed by atoms with Crippen molar-refractivity contribution in [1.29, 1.82) is 0 Å². The summed E-state index contributed by atoms with van der Waals surface area (Å²) in [5.74, 6) is 2.76. The number of hydrogen-bond donors (Lipinski definition) is 2. The Bertz CT molecular complexity index is 3130. The minimum atomic E-state index is -0.896. The SMILES string of the molecule is CCn1c(-c2cc(N3CCN(C4C5CC54)CC3)cnc2[C@H](C)OC)c2c3cc(ccc31)-c1cccc(c1)C[C@H](NC(=O)[C@H](C1CCCC1)N1CCC3[C@@H](CCN3C(=O)[C@H]3[C@@H](C4CC4)N3C)CC1)C(=O)N1CCC[C@H](N1)C(=O)OCC(C)(C)C2. The Morgan fingerprint density at radius 3 is 2.37 bits per heavy atom. The quantitative estimate of drug-likeness (QED) is 0.105. The van der Waals surface area contributed by atoms with Gasteiger partial charge in [0.25, 0.3) is 5.91 Å². The van der Waals surface area contributed by atoms with E-state index in [2.05, 4.69) is 123 Å². The number of nitrogens with zero attached hydrogens (tertiary/aromatic N) is 8. The van der Waals surface area contributed by atoms with E-state index >= 15 is 9.59 Å². The molecular formula is C67H90N10O6. The van der Waals surface area contributed by atoms with Gasteiger partial charge < -0.3 is 29.2 Å². The van der Waals surface area contributed by atoms with Gasteiger partial charge in [-0.05, 0) is 168 Å². The number of carbonyl (C=O) groups excluding carboxylic acids is 4. The molecule has 9 fully saturated rings. The smallest absolute Gasteiger partial charge is 0.324 e. The number of pyridine rings is 1. The number of ether oxygens (including phenoxy) is 2. The second-order valence-electron chi connectivity index (χ2n) is 27.8. The summed E-state index contributed by atoms with van der Waals surface area (Å²) in [6.45, 7) is 16.4. The third-order valence-corrected chi connectivity index (χ3v) is 21.9. The minimum absolute atomic E-state index is 0.0266. The molecule has 0 radical (unpaired) electrons. The highest BCUT2D eigenvalue weighted by molar-refractivity contribution is 5.96. The molecule has 2 aromatic carbocycles. The van der Waals surface area contributed by atoms with Gasteiger partial charge >= 0.3 is 5.97 Å². The Morgan fingerprint density at radius 2 is 1.63 bits per heavy atom. The molecule has 10 aliphatic rings. The van der Waals surface area contributed by atoms with Crippen molar-refractivity contribution in [3.63, 3.8) is 0 Å². The zero-order chi connectivity index (χ0) is 57.0. The number of esters is 1. The Morgan fingerprint density at radius 1 is 0.855 bits per heavy atom. The van der Waals surface area contributed by atoms with E-state index in [1.807, 2.05) is 6.20 Å². The zero-order valence-electron chi connectivity index (χ0n) is 50.2. The number of amides is 3. The van der Waals surface area contributed by atoms with Gasteiger partial charge in [0.05, 0.1) is 42.0 Å². The number of hydrazine groups is 1. The first-order valence-electron chi connectivity index (χ1n) is 32.3. The molecule has 4 saturated carbocycles. The van der Waals surface area contributed by atoms with Crippen molar-refractivity contribution in [3.8, 4) is 22.4 Å². The van der Waals surface area contributed by atoms with Crippen LogP contribution in [0.25, 0.3) is 33.3 Å². The Balaban J connectivity index is 0.786. The fourth-order valence-corrected chi connectivity index (χ4v) is 16.8. The molecule has 0 spiro atoms. The van der Waals surface area contributed by atoms with Crippen LogP contribution in [0.5, 0.6) is 0 Å². The van der Waals surface area contributed by atoms with Gasteiger partial charge in [0.1, 0.15) is 18.1 Å². The molecule has 5 saturated heterocycles. The number of cyclic esters (lactones) is 1. The molecule has 6 aliphatic heterocycles. The average molecular weight is 1130 g/mol. The van der Waals surface area contributed by atoms with Gasteiger partial charge in [-0.2, -0.15) is 0 Å². The lowest BCUT2D eigenvalue weighted by molar-refractivity contribution is -0.155. The Hall–Kier alpha value is -5.39. The number of likely N-dealkylation sites (tertiary alicyclic amines) is 2. The highest BCUT2D eigenvalue weighted by atomic mass is 16.5. The van der Waals surface area contributed by atoms with Crippen molar-refractivity contribution in [1.82, 2.24) is 44.9 Å². The molecule has 4 aliphatic carbocycles. The van der Waals surface area contributed by atoms with Gasteiger partial charge in [-0.25, -0.2) is 5.43 Å². The number of nitrogens with one attached hydrogen (secondary N) is 2. The van der Waals surface area contributed by atoms with Gasteiger partial charge in [0.2, 0.25) is 11.8 Å². The average Bonchev–Trinajstić information content (AvgIpc) is 2.74. The maximum Gasteiger partial charge on any atom is 0.324 e. The summed E-state index contributed by atoms with van der Waals surface area (Å²) in [6, 6.07) is 17.1. The number of aromatic nitrogens is 2. The van der Waals surface area contributed by atoms with E-state index in [4.69, 9.17) is 14.5 Å². The lowest BCUT2D eigenvalue weighted by Gasteiger charge is -2.38. The number of hydrogen-bond acceptors (Lipinski definition) is 12. The van der Waals surface area contributed by atoms with Crippen LogP contribution in [-0.4, -0.2) is 173 Å². The maximum atomic E-state index is 15.4. The van der Waals surface area contributed by atoms with Gasteiger partial charge in [0, 0.05) is 106 Å². The standard InChI is InChI=1S/C67H90N10O6/c1-7-75-56-20-19-46-34-48(56)52(61(75)51-35-47(38-68-57(51)40(2)82-6)72-28-30-74(31-29-72)60-49-36-50(49)60)37-67(3,4)39-83-66(81)53-16-11-24-77(70-53)64(79)54(33-41-12-10-15-45(46)32-41)69-63(78)59(43-13-8-9-14-43)73-25-21-42-22-27-76(55(42)23-26-73)65(80)62-58(71(62)5)44-17-18-44/h10,12,15,19-20,32,34-35,38,40,42-44,49-50,53-55,58-60,62,70H,7-9,11,13-14,16-18,21-31,33,36-37,39H2,1-6H3,(H,69,78)/t40-,42+,49?,50?,53-,54-,55?,58+,59-,60?,62+,71?/m0/s1. The number of likely N-dealkylation sites (N-methyl/N-ethyl adjacent to an activating group) is 1. The molecule has 16 nitrogen and oxygen atoms in total. The molecular weight excluding hydrogens is 1040 g/mol. The second kappa shape index (κ2) is 22.2. The molecule has 83 heavy (non-hydrogen) atoms. The van der Waals surface area contributed by atoms with Crippen LogP contribution in [0.4, 0.5) is 5.69 Å². The Labute approximate surface area is 491 Å². The van der Waals surface area contributed by atoms with Crippen molar-refractivity contribution < 1.29 is 28.7 Å². The van der Waals surface area contributed by atoms with Gasteiger partial charge in [-0.3, -0.25) is 43.9 Å². The van der Waals surface area contributed by atoms with Crippen molar-refractivity contribution in [3.05, 3.63) is 71.5 Å². The fourth-order valence-electron chi connectivity index (χ4n) is 16.8. The monoisotopic (exact) mass is 1130 g/mol. The number of rotatable bonds is 12. The van der Waals surface area contributed by atoms with Crippen molar-refractivity contribution in [2.45, 2.75) is 173 Å². The molecule has 4 unspecified atom stereocenters. The number of methoxy groups -OCH3 is 1. The van der Waals surface area contributed by atoms with Crippen LogP contribution in [0.1, 0.15) is 128 Å². The summed E-state index contributed by atoms with van der Waals surface area (Å²) in [4.78, 5) is 76.6. The number of aryl methyl sites for hydroxylation is 1. The summed E-state index contributed by atoms with van der Waals surface area (Å²) in [5, 5.41) is 6.15. The van der Waals surface area contributed by atoms with Gasteiger partial charge in [0.15, 0.2) is 0 Å². The number of carbonyl (C=O) groups is 4. The number of piperazine rings is 1. The number of fused-ring (bicyclic) bond motifs is 8. The minimum Gasteiger partial charge on any atom is -0.464 e. The molecule has 8 heterocycles. The molecule has 14 rings (SSSR count). The van der Waals surface area contributed by atoms with E-state index < -0.39 is 17.5 Å². The topological polar surface area (TPSA) is 148 Å². The molecule has 3 amide bonds. The summed E-state index contributed by atoms with van der Waals surface area (Å²) < 4.78 is 14.9. The van der Waals surface area contributed by atoms with E-state index in [0.29, 0.717) is 49.6 Å². The lowest BCUT2D eigenvalue weighted by atomic mass is 9.84. The van der Waals surface area contributed by atoms with Crippen molar-refractivity contribution in [2.24, 2.45) is 35.0 Å². The molecule has 4 aromatic rings. The second-order valence-corrected chi connectivity index (χ2v) is 27.8. The van der Waals surface area contributed by atoms with E-state index in [1.54, 1.807) is 12.1 Å². The van der Waals surface area contributed by atoms with Crippen LogP contribution >= 0.6 is 0 Å². The van der Waals surface area contributed by atoms with E-state index in [9.17, 15) is 9.59 Å². The first-order chi connectivity index (χ1) is 40.2. The highest BCUT2D eigenvalue weighted by Crippen LogP contribution is 2.65. The van der Waals surface area contributed by atoms with Crippen LogP contribution in [0.3, 0.4) is 0 Å². The van der Waals surface area contributed by atoms with Gasteiger partial charge in [-0.1, -0.05) is 57.0 Å². The molecule has 11 atom stereocenters. The largest absolute Gasteiger partial charge is 0.464 e. The van der Waals surface area contributed by atoms with Crippen molar-refractivity contribution in [2.75, 3.05) is 78.0 Å². The first-order valence-corrected chi connectivity index (χ1v) is 32.3. The lowest BCUT2D eigenvalue weighted by Crippen LogP contribution is -2.62. The summed E-state index contributed by atoms with van der Waals surface area (Å²) >= 11 is 0. The predicted octanol–water partition coefficient (Wildman–Crippen LogP) is 7.85. The first kappa shape index (κ1) is 55.5. The predicted molar refractivity (Wildman–Crippen MR) is 321 cm³/mol. The van der Waals surface area contributed by atoms with E-state index in [0.717, 1.165) is 165 Å². The van der Waals surface area contributed by atoms with E-state index in [1.165, 1.54) is 24.8 Å². The molecule has 2 aromatic heterocycles. The van der Waals surface area contributed by atoms with Crippen molar-refractivity contribution >= 4 is 40.3 Å². The molecule has 2 N–H and O–H groups in total. The highest BCUT2D eigenvalue weighted by Gasteiger charge is 2.66. The molecule has 6 bridgehead atoms. The third-order valence-electron chi connectivity index (χ3n) is 21.9. The van der Waals surface area contributed by atoms with Gasteiger partial charge in [-0.15, -0.1) is 0 Å². The fraction of sp³-hybridized carbons (Fsp3) is 0.657. The van der Waals surface area contributed by atoms with Crippen LogP contribution < -0.4 is 15.6 Å². The number of anilines is 1. The Kier molecular flexibility index (Phi) is 14.8. The van der Waals surface area contributed by atoms with Crippen LogP contribution in [0.2, 0.25) is 0 Å². The molecule has 16 heteroatoms.